The molecule has 23 heavy (non-hydrogen) atoms. The van der Waals surface area contributed by atoms with Crippen molar-refractivity contribution in [2.45, 2.75) is 51.5 Å². The van der Waals surface area contributed by atoms with Gasteiger partial charge in [0.05, 0.1) is 6.04 Å². The Balaban J connectivity index is 1.76. The second-order valence-corrected chi connectivity index (χ2v) is 7.41. The van der Waals surface area contributed by atoms with Crippen LogP contribution in [0.1, 0.15) is 61.1 Å². The molecule has 3 heteroatoms. The molecule has 2 nitrogen and oxygen atoms in total. The van der Waals surface area contributed by atoms with Gasteiger partial charge in [-0.3, -0.25) is 4.79 Å². The Bertz CT molecular complexity index is 614. The standard InChI is InChI=1S/C20H25NOS/c1-2-3-6-15-10-12-16(13-11-15)19(18-9-5-14-23-18)21-20(22)17-7-4-8-17/h5,9-14,17,19H,2-4,6-8H2,1H3,(H,21,22). The molecule has 1 saturated carbocycles. The third kappa shape index (κ3) is 4.03. The number of unbranched alkanes of at least 4 members (excludes halogenated alkanes) is 1. The minimum absolute atomic E-state index is 0.0108. The number of nitrogens with one attached hydrogen (secondary N) is 1. The van der Waals surface area contributed by atoms with E-state index >= 15 is 0 Å². The van der Waals surface area contributed by atoms with Crippen LogP contribution in [-0.2, 0) is 11.2 Å². The summed E-state index contributed by atoms with van der Waals surface area (Å²) in [5.41, 5.74) is 2.56. The minimum atomic E-state index is -0.0108. The van der Waals surface area contributed by atoms with E-state index in [1.165, 1.54) is 35.3 Å². The van der Waals surface area contributed by atoms with Gasteiger partial charge in [0.25, 0.3) is 0 Å². The van der Waals surface area contributed by atoms with Gasteiger partial charge in [-0.1, -0.05) is 50.1 Å². The van der Waals surface area contributed by atoms with Crippen molar-refractivity contribution in [3.8, 4) is 0 Å². The Morgan fingerprint density at radius 3 is 2.61 bits per heavy atom. The van der Waals surface area contributed by atoms with Crippen molar-refractivity contribution in [3.05, 3.63) is 57.8 Å². The number of amides is 1. The van der Waals surface area contributed by atoms with Gasteiger partial charge in [0.15, 0.2) is 0 Å². The SMILES string of the molecule is CCCCc1ccc(C(NC(=O)C2CCC2)c2cccs2)cc1. The van der Waals surface area contributed by atoms with Crippen molar-refractivity contribution < 1.29 is 4.79 Å². The van der Waals surface area contributed by atoms with Crippen LogP contribution in [0.5, 0.6) is 0 Å². The predicted molar refractivity (Wildman–Crippen MR) is 96.7 cm³/mol. The average molecular weight is 327 g/mol. The van der Waals surface area contributed by atoms with Gasteiger partial charge in [-0.05, 0) is 48.3 Å². The summed E-state index contributed by atoms with van der Waals surface area (Å²) in [6, 6.07) is 12.9. The van der Waals surface area contributed by atoms with Gasteiger partial charge in [-0.15, -0.1) is 11.3 Å². The normalized spacial score (nSPS) is 15.9. The maximum Gasteiger partial charge on any atom is 0.223 e. The summed E-state index contributed by atoms with van der Waals surface area (Å²) >= 11 is 1.71. The summed E-state index contributed by atoms with van der Waals surface area (Å²) in [6.07, 6.45) is 6.85. The number of hydrogen-bond donors (Lipinski definition) is 1. The van der Waals surface area contributed by atoms with Crippen LogP contribution in [0.2, 0.25) is 0 Å². The largest absolute Gasteiger partial charge is 0.344 e. The topological polar surface area (TPSA) is 29.1 Å². The van der Waals surface area contributed by atoms with E-state index in [-0.39, 0.29) is 17.9 Å². The van der Waals surface area contributed by atoms with E-state index < -0.39 is 0 Å². The molecule has 0 bridgehead atoms. The van der Waals surface area contributed by atoms with Crippen LogP contribution >= 0.6 is 11.3 Å². The van der Waals surface area contributed by atoms with Crippen molar-refractivity contribution in [2.75, 3.05) is 0 Å². The summed E-state index contributed by atoms with van der Waals surface area (Å²) in [7, 11) is 0. The number of rotatable bonds is 7. The van der Waals surface area contributed by atoms with Crippen molar-refractivity contribution in [1.82, 2.24) is 5.32 Å². The highest BCUT2D eigenvalue weighted by molar-refractivity contribution is 7.10. The first-order valence-electron chi connectivity index (χ1n) is 8.70. The van der Waals surface area contributed by atoms with Crippen LogP contribution in [0.25, 0.3) is 0 Å². The van der Waals surface area contributed by atoms with E-state index in [9.17, 15) is 4.79 Å². The lowest BCUT2D eigenvalue weighted by molar-refractivity contribution is -0.127. The molecule has 0 aliphatic heterocycles. The zero-order chi connectivity index (χ0) is 16.1. The third-order valence-electron chi connectivity index (χ3n) is 4.72. The lowest BCUT2D eigenvalue weighted by Gasteiger charge is -2.27. The number of thiophene rings is 1. The molecule has 1 aromatic heterocycles. The number of carbonyl (C=O) groups excluding carboxylic acids is 1. The molecule has 0 radical (unpaired) electrons. The van der Waals surface area contributed by atoms with Crippen molar-refractivity contribution in [3.63, 3.8) is 0 Å². The first-order valence-corrected chi connectivity index (χ1v) is 9.58. The van der Waals surface area contributed by atoms with Gasteiger partial charge in [0, 0.05) is 10.8 Å². The van der Waals surface area contributed by atoms with Gasteiger partial charge >= 0.3 is 0 Å². The van der Waals surface area contributed by atoms with E-state index in [2.05, 4.69) is 54.0 Å². The molecule has 2 aromatic rings. The highest BCUT2D eigenvalue weighted by atomic mass is 32.1. The molecule has 122 valence electrons. The first kappa shape index (κ1) is 16.3. The van der Waals surface area contributed by atoms with Crippen LogP contribution in [-0.4, -0.2) is 5.91 Å². The summed E-state index contributed by atoms with van der Waals surface area (Å²) < 4.78 is 0. The molecule has 1 N–H and O–H groups in total. The van der Waals surface area contributed by atoms with E-state index in [0.717, 1.165) is 19.3 Å². The van der Waals surface area contributed by atoms with Crippen LogP contribution in [0, 0.1) is 5.92 Å². The summed E-state index contributed by atoms with van der Waals surface area (Å²) in [5, 5.41) is 5.35. The molecule has 1 heterocycles. The molecule has 1 amide bonds. The fraction of sp³-hybridized carbons (Fsp3) is 0.450. The highest BCUT2D eigenvalue weighted by Gasteiger charge is 2.28. The fourth-order valence-electron chi connectivity index (χ4n) is 2.96. The number of carbonyl (C=O) groups is 1. The summed E-state index contributed by atoms with van der Waals surface area (Å²) in [5.74, 6) is 0.436. The number of benzene rings is 1. The molecule has 1 fully saturated rings. The van der Waals surface area contributed by atoms with Gasteiger partial charge in [0.1, 0.15) is 0 Å². The molecular formula is C20H25NOS. The second kappa shape index (κ2) is 7.78. The van der Waals surface area contributed by atoms with Crippen LogP contribution in [0.3, 0.4) is 0 Å². The average Bonchev–Trinajstić information content (AvgIpc) is 3.03. The lowest BCUT2D eigenvalue weighted by Crippen LogP contribution is -2.37. The molecule has 3 rings (SSSR count). The van der Waals surface area contributed by atoms with Crippen molar-refractivity contribution >= 4 is 17.2 Å². The van der Waals surface area contributed by atoms with E-state index in [1.54, 1.807) is 11.3 Å². The summed E-state index contributed by atoms with van der Waals surface area (Å²) in [4.78, 5) is 13.6. The van der Waals surface area contributed by atoms with E-state index in [1.807, 2.05) is 0 Å². The molecule has 1 unspecified atom stereocenters. The maximum absolute atomic E-state index is 12.4. The minimum Gasteiger partial charge on any atom is -0.344 e. The Labute approximate surface area is 142 Å². The number of aryl methyl sites for hydroxylation is 1. The Kier molecular flexibility index (Phi) is 5.50. The fourth-order valence-corrected chi connectivity index (χ4v) is 3.76. The Morgan fingerprint density at radius 2 is 2.04 bits per heavy atom. The van der Waals surface area contributed by atoms with Gasteiger partial charge in [-0.25, -0.2) is 0 Å². The lowest BCUT2D eigenvalue weighted by atomic mass is 9.84. The van der Waals surface area contributed by atoms with Crippen molar-refractivity contribution in [2.24, 2.45) is 5.92 Å². The highest BCUT2D eigenvalue weighted by Crippen LogP contribution is 2.30. The first-order chi connectivity index (χ1) is 11.3. The van der Waals surface area contributed by atoms with Crippen LogP contribution in [0.15, 0.2) is 41.8 Å². The zero-order valence-electron chi connectivity index (χ0n) is 13.8. The predicted octanol–water partition coefficient (Wildman–Crippen LogP) is 5.10. The monoisotopic (exact) mass is 327 g/mol. The zero-order valence-corrected chi connectivity index (χ0v) is 14.6. The molecule has 1 aliphatic carbocycles. The molecule has 0 saturated heterocycles. The van der Waals surface area contributed by atoms with Gasteiger partial charge in [0.2, 0.25) is 5.91 Å². The van der Waals surface area contributed by atoms with Crippen LogP contribution < -0.4 is 5.32 Å². The van der Waals surface area contributed by atoms with Crippen LogP contribution in [0.4, 0.5) is 0 Å². The molecule has 1 atom stereocenters. The third-order valence-corrected chi connectivity index (χ3v) is 5.66. The summed E-state index contributed by atoms with van der Waals surface area (Å²) in [6.45, 7) is 2.22. The maximum atomic E-state index is 12.4. The Morgan fingerprint density at radius 1 is 1.26 bits per heavy atom. The second-order valence-electron chi connectivity index (χ2n) is 6.43. The quantitative estimate of drug-likeness (QED) is 0.753. The van der Waals surface area contributed by atoms with Gasteiger partial charge < -0.3 is 5.32 Å². The smallest absolute Gasteiger partial charge is 0.223 e. The molecular weight excluding hydrogens is 302 g/mol. The molecule has 1 aromatic carbocycles. The molecule has 1 aliphatic rings. The van der Waals surface area contributed by atoms with E-state index in [4.69, 9.17) is 0 Å². The van der Waals surface area contributed by atoms with Gasteiger partial charge in [-0.2, -0.15) is 0 Å². The Hall–Kier alpha value is -1.61. The van der Waals surface area contributed by atoms with Crippen molar-refractivity contribution in [1.29, 1.82) is 0 Å². The van der Waals surface area contributed by atoms with E-state index in [0.29, 0.717) is 0 Å². The number of hydrogen-bond acceptors (Lipinski definition) is 2. The molecule has 0 spiro atoms.